The molecule has 4 heteroatoms. The number of hydrazine groups is 1. The lowest BCUT2D eigenvalue weighted by Gasteiger charge is -2.29. The second-order valence-electron chi connectivity index (χ2n) is 5.30. The minimum atomic E-state index is -0.0321. The zero-order valence-corrected chi connectivity index (χ0v) is 11.5. The lowest BCUT2D eigenvalue weighted by molar-refractivity contribution is 0.0920. The number of amides is 1. The number of nitrogens with one attached hydrogen (secondary N) is 2. The number of nitrogens with two attached hydrogens (primary N) is 1. The predicted octanol–water partition coefficient (Wildman–Crippen LogP) is 2.67. The molecule has 19 heavy (non-hydrogen) atoms. The quantitative estimate of drug-likeness (QED) is 0.576. The van der Waals surface area contributed by atoms with E-state index < -0.39 is 0 Å². The van der Waals surface area contributed by atoms with Crippen molar-refractivity contribution >= 4 is 11.6 Å². The Morgan fingerprint density at radius 2 is 2.16 bits per heavy atom. The fraction of sp³-hybridized carbons (Fsp3) is 0.533. The van der Waals surface area contributed by atoms with E-state index >= 15 is 0 Å². The van der Waals surface area contributed by atoms with E-state index in [-0.39, 0.29) is 5.91 Å². The summed E-state index contributed by atoms with van der Waals surface area (Å²) in [5.74, 6) is 6.15. The fourth-order valence-corrected chi connectivity index (χ4v) is 2.86. The van der Waals surface area contributed by atoms with Crippen molar-refractivity contribution in [1.29, 1.82) is 0 Å². The van der Waals surface area contributed by atoms with Crippen molar-refractivity contribution in [2.75, 3.05) is 5.43 Å². The summed E-state index contributed by atoms with van der Waals surface area (Å²) in [6, 6.07) is 7.62. The average Bonchev–Trinajstić information content (AvgIpc) is 2.47. The number of rotatable bonds is 4. The molecule has 1 aromatic carbocycles. The molecule has 4 N–H and O–H groups in total. The van der Waals surface area contributed by atoms with Gasteiger partial charge in [-0.05, 0) is 30.9 Å². The zero-order valence-electron chi connectivity index (χ0n) is 11.5. The van der Waals surface area contributed by atoms with Crippen LogP contribution in [0.25, 0.3) is 0 Å². The Balaban J connectivity index is 2.00. The molecule has 0 aromatic heterocycles. The van der Waals surface area contributed by atoms with Gasteiger partial charge in [0.15, 0.2) is 0 Å². The van der Waals surface area contributed by atoms with Gasteiger partial charge in [0.2, 0.25) is 0 Å². The summed E-state index contributed by atoms with van der Waals surface area (Å²) in [7, 11) is 0. The number of carbonyl (C=O) groups excluding carboxylic acids is 1. The van der Waals surface area contributed by atoms with Gasteiger partial charge in [-0.2, -0.15) is 0 Å². The maximum Gasteiger partial charge on any atom is 0.253 e. The van der Waals surface area contributed by atoms with E-state index in [2.05, 4.69) is 17.7 Å². The van der Waals surface area contributed by atoms with E-state index in [0.29, 0.717) is 17.3 Å². The van der Waals surface area contributed by atoms with E-state index in [0.717, 1.165) is 18.8 Å². The first-order chi connectivity index (χ1) is 9.24. The molecular formula is C15H23N3O. The van der Waals surface area contributed by atoms with Gasteiger partial charge in [0.05, 0.1) is 11.3 Å². The van der Waals surface area contributed by atoms with Gasteiger partial charge < -0.3 is 10.7 Å². The zero-order chi connectivity index (χ0) is 13.7. The summed E-state index contributed by atoms with van der Waals surface area (Å²) >= 11 is 0. The molecule has 1 saturated carbocycles. The number of nitrogen functional groups attached to an aromatic ring is 1. The van der Waals surface area contributed by atoms with Crippen LogP contribution in [0, 0.1) is 5.92 Å². The Morgan fingerprint density at radius 1 is 1.37 bits per heavy atom. The van der Waals surface area contributed by atoms with Crippen molar-refractivity contribution < 1.29 is 4.79 Å². The van der Waals surface area contributed by atoms with E-state index in [1.807, 2.05) is 18.2 Å². The van der Waals surface area contributed by atoms with Crippen molar-refractivity contribution in [2.45, 2.75) is 45.1 Å². The molecule has 2 unspecified atom stereocenters. The van der Waals surface area contributed by atoms with Gasteiger partial charge in [0.25, 0.3) is 5.91 Å². The summed E-state index contributed by atoms with van der Waals surface area (Å²) in [5, 5.41) is 3.14. The molecule has 1 aliphatic carbocycles. The number of para-hydroxylation sites is 1. The summed E-state index contributed by atoms with van der Waals surface area (Å²) in [5.41, 5.74) is 3.86. The number of hydrogen-bond acceptors (Lipinski definition) is 3. The Morgan fingerprint density at radius 3 is 2.89 bits per heavy atom. The predicted molar refractivity (Wildman–Crippen MR) is 77.8 cm³/mol. The van der Waals surface area contributed by atoms with Crippen molar-refractivity contribution in [1.82, 2.24) is 5.32 Å². The van der Waals surface area contributed by atoms with Gasteiger partial charge in [-0.15, -0.1) is 0 Å². The summed E-state index contributed by atoms with van der Waals surface area (Å²) in [6.07, 6.45) is 5.89. The minimum Gasteiger partial charge on any atom is -0.349 e. The number of benzene rings is 1. The Labute approximate surface area is 114 Å². The molecule has 0 aliphatic heterocycles. The molecule has 4 nitrogen and oxygen atoms in total. The van der Waals surface area contributed by atoms with Crippen LogP contribution in [0.4, 0.5) is 5.69 Å². The SMILES string of the molecule is CCC1CCCC(NC(=O)c2ccccc2NN)C1. The lowest BCUT2D eigenvalue weighted by atomic mass is 9.84. The highest BCUT2D eigenvalue weighted by atomic mass is 16.1. The van der Waals surface area contributed by atoms with Gasteiger partial charge in [0.1, 0.15) is 0 Å². The number of hydrogen-bond donors (Lipinski definition) is 3. The summed E-state index contributed by atoms with van der Waals surface area (Å²) in [4.78, 5) is 12.3. The van der Waals surface area contributed by atoms with Gasteiger partial charge in [-0.25, -0.2) is 0 Å². The van der Waals surface area contributed by atoms with Crippen LogP contribution in [0.15, 0.2) is 24.3 Å². The van der Waals surface area contributed by atoms with Crippen molar-refractivity contribution in [3.8, 4) is 0 Å². The van der Waals surface area contributed by atoms with Crippen LogP contribution in [0.1, 0.15) is 49.4 Å². The maximum atomic E-state index is 12.3. The molecule has 0 spiro atoms. The van der Waals surface area contributed by atoms with Crippen molar-refractivity contribution in [3.05, 3.63) is 29.8 Å². The van der Waals surface area contributed by atoms with Crippen LogP contribution in [-0.2, 0) is 0 Å². The largest absolute Gasteiger partial charge is 0.349 e. The molecule has 1 aromatic rings. The normalized spacial score (nSPS) is 22.8. The molecule has 104 valence electrons. The van der Waals surface area contributed by atoms with E-state index in [4.69, 9.17) is 5.84 Å². The highest BCUT2D eigenvalue weighted by Gasteiger charge is 2.23. The van der Waals surface area contributed by atoms with Crippen molar-refractivity contribution in [3.63, 3.8) is 0 Å². The first-order valence-corrected chi connectivity index (χ1v) is 7.11. The molecule has 0 heterocycles. The molecule has 1 fully saturated rings. The second-order valence-corrected chi connectivity index (χ2v) is 5.30. The Kier molecular flexibility index (Phi) is 4.80. The van der Waals surface area contributed by atoms with Crippen LogP contribution in [0.3, 0.4) is 0 Å². The Bertz CT molecular complexity index is 433. The van der Waals surface area contributed by atoms with Crippen LogP contribution < -0.4 is 16.6 Å². The maximum absolute atomic E-state index is 12.3. The number of carbonyl (C=O) groups is 1. The van der Waals surface area contributed by atoms with Crippen LogP contribution >= 0.6 is 0 Å². The molecular weight excluding hydrogens is 238 g/mol. The van der Waals surface area contributed by atoms with Crippen LogP contribution in [-0.4, -0.2) is 11.9 Å². The second kappa shape index (κ2) is 6.57. The highest BCUT2D eigenvalue weighted by Crippen LogP contribution is 2.27. The van der Waals surface area contributed by atoms with E-state index in [1.165, 1.54) is 19.3 Å². The summed E-state index contributed by atoms with van der Waals surface area (Å²) in [6.45, 7) is 2.22. The Hall–Kier alpha value is -1.55. The molecule has 0 saturated heterocycles. The molecule has 0 bridgehead atoms. The third kappa shape index (κ3) is 3.47. The third-order valence-electron chi connectivity index (χ3n) is 4.02. The van der Waals surface area contributed by atoms with Gasteiger partial charge in [0, 0.05) is 6.04 Å². The van der Waals surface area contributed by atoms with E-state index in [9.17, 15) is 4.79 Å². The van der Waals surface area contributed by atoms with E-state index in [1.54, 1.807) is 6.07 Å². The van der Waals surface area contributed by atoms with Crippen LogP contribution in [0.5, 0.6) is 0 Å². The highest BCUT2D eigenvalue weighted by molar-refractivity contribution is 5.99. The third-order valence-corrected chi connectivity index (χ3v) is 4.02. The van der Waals surface area contributed by atoms with Crippen molar-refractivity contribution in [2.24, 2.45) is 11.8 Å². The topological polar surface area (TPSA) is 67.2 Å². The smallest absolute Gasteiger partial charge is 0.253 e. The first-order valence-electron chi connectivity index (χ1n) is 7.11. The van der Waals surface area contributed by atoms with Gasteiger partial charge in [-0.1, -0.05) is 38.3 Å². The average molecular weight is 261 g/mol. The summed E-state index contributed by atoms with van der Waals surface area (Å²) < 4.78 is 0. The molecule has 2 rings (SSSR count). The van der Waals surface area contributed by atoms with Crippen LogP contribution in [0.2, 0.25) is 0 Å². The molecule has 1 aliphatic rings. The fourth-order valence-electron chi connectivity index (χ4n) is 2.86. The van der Waals surface area contributed by atoms with Gasteiger partial charge >= 0.3 is 0 Å². The number of anilines is 1. The monoisotopic (exact) mass is 261 g/mol. The molecule has 0 radical (unpaired) electrons. The first kappa shape index (κ1) is 13.9. The standard InChI is InChI=1S/C15H23N3O/c1-2-11-6-5-7-12(10-11)17-15(19)13-8-3-4-9-14(13)18-16/h3-4,8-9,11-12,18H,2,5-7,10,16H2,1H3,(H,17,19). The molecule has 1 amide bonds. The van der Waals surface area contributed by atoms with Gasteiger partial charge in [-0.3, -0.25) is 10.6 Å². The minimum absolute atomic E-state index is 0.0321. The lowest BCUT2D eigenvalue weighted by Crippen LogP contribution is -2.38. The molecule has 2 atom stereocenters.